The fourth-order valence-corrected chi connectivity index (χ4v) is 2.43. The molecule has 2 N–H and O–H groups in total. The average molecular weight is 355 g/mol. The normalized spacial score (nSPS) is 13.1. The van der Waals surface area contributed by atoms with Crippen molar-refractivity contribution < 1.29 is 19.4 Å². The molecule has 0 radical (unpaired) electrons. The van der Waals surface area contributed by atoms with Crippen LogP contribution in [0.5, 0.6) is 0 Å². The number of rotatable bonds is 8. The van der Waals surface area contributed by atoms with Gasteiger partial charge < -0.3 is 15.2 Å². The summed E-state index contributed by atoms with van der Waals surface area (Å²) in [5, 5.41) is 12.6. The minimum atomic E-state index is -1.17. The molecule has 0 aliphatic carbocycles. The van der Waals surface area contributed by atoms with E-state index >= 15 is 0 Å². The number of aliphatic hydroxyl groups is 1. The molecule has 2 aromatic carbocycles. The monoisotopic (exact) mass is 355 g/mol. The highest BCUT2D eigenvalue weighted by atomic mass is 16.5. The van der Waals surface area contributed by atoms with Gasteiger partial charge in [0.1, 0.15) is 18.8 Å². The van der Waals surface area contributed by atoms with Gasteiger partial charge in [-0.25, -0.2) is 4.79 Å². The first kappa shape index (κ1) is 19.7. The van der Waals surface area contributed by atoms with E-state index in [-0.39, 0.29) is 12.5 Å². The Morgan fingerprint density at radius 3 is 2.04 bits per heavy atom. The van der Waals surface area contributed by atoms with Crippen LogP contribution in [0.25, 0.3) is 0 Å². The van der Waals surface area contributed by atoms with Gasteiger partial charge in [0, 0.05) is 6.42 Å². The van der Waals surface area contributed by atoms with E-state index in [4.69, 9.17) is 4.74 Å². The van der Waals surface area contributed by atoms with Crippen LogP contribution < -0.4 is 5.32 Å². The maximum atomic E-state index is 12.5. The molecule has 0 heterocycles. The molecular weight excluding hydrogens is 330 g/mol. The number of hydrogen-bond donors (Lipinski definition) is 2. The third-order valence-electron chi connectivity index (χ3n) is 4.01. The minimum Gasteiger partial charge on any atom is -0.459 e. The van der Waals surface area contributed by atoms with Crippen LogP contribution >= 0.6 is 0 Å². The van der Waals surface area contributed by atoms with E-state index in [9.17, 15) is 14.7 Å². The van der Waals surface area contributed by atoms with Crippen LogP contribution in [0.3, 0.4) is 0 Å². The number of esters is 1. The Hall–Kier alpha value is -2.66. The molecular formula is C21H25NO4. The predicted molar refractivity (Wildman–Crippen MR) is 99.2 cm³/mol. The number of carbonyl (C=O) groups excluding carboxylic acids is 2. The standard InChI is InChI=1S/C21H25NO4/c1-15(2)19(23)20(24)22-18(13-16-9-5-3-6-10-16)21(25)26-14-17-11-7-4-8-12-17/h3-12,15,18-19,23H,13-14H2,1-2H3,(H,22,24)/t18-,19+/m1/s1. The third kappa shape index (κ3) is 6.01. The molecule has 0 aliphatic rings. The molecule has 5 nitrogen and oxygen atoms in total. The van der Waals surface area contributed by atoms with E-state index in [0.717, 1.165) is 11.1 Å². The van der Waals surface area contributed by atoms with Gasteiger partial charge in [0.25, 0.3) is 0 Å². The number of amides is 1. The van der Waals surface area contributed by atoms with Crippen LogP contribution in [0, 0.1) is 5.92 Å². The van der Waals surface area contributed by atoms with Crippen LogP contribution in [0.2, 0.25) is 0 Å². The summed E-state index contributed by atoms with van der Waals surface area (Å²) in [4.78, 5) is 24.7. The summed E-state index contributed by atoms with van der Waals surface area (Å²) >= 11 is 0. The zero-order valence-corrected chi connectivity index (χ0v) is 15.1. The van der Waals surface area contributed by atoms with Gasteiger partial charge >= 0.3 is 5.97 Å². The van der Waals surface area contributed by atoms with Gasteiger partial charge in [0.2, 0.25) is 5.91 Å². The van der Waals surface area contributed by atoms with Crippen molar-refractivity contribution in [2.75, 3.05) is 0 Å². The van der Waals surface area contributed by atoms with Crippen molar-refractivity contribution in [1.29, 1.82) is 0 Å². The van der Waals surface area contributed by atoms with E-state index < -0.39 is 24.0 Å². The SMILES string of the molecule is CC(C)[C@H](O)C(=O)N[C@H](Cc1ccccc1)C(=O)OCc1ccccc1. The number of hydrogen-bond acceptors (Lipinski definition) is 4. The number of aliphatic hydroxyl groups excluding tert-OH is 1. The van der Waals surface area contributed by atoms with E-state index in [2.05, 4.69) is 5.32 Å². The lowest BCUT2D eigenvalue weighted by atomic mass is 10.0. The maximum Gasteiger partial charge on any atom is 0.329 e. The van der Waals surface area contributed by atoms with Gasteiger partial charge in [-0.1, -0.05) is 74.5 Å². The number of benzene rings is 2. The Morgan fingerprint density at radius 1 is 0.962 bits per heavy atom. The molecule has 2 atom stereocenters. The van der Waals surface area contributed by atoms with Crippen LogP contribution in [0.1, 0.15) is 25.0 Å². The Balaban J connectivity index is 2.05. The van der Waals surface area contributed by atoms with Gasteiger partial charge in [-0.2, -0.15) is 0 Å². The predicted octanol–water partition coefficient (Wildman–Crippen LogP) is 2.47. The van der Waals surface area contributed by atoms with E-state index in [1.807, 2.05) is 60.7 Å². The first-order valence-electron chi connectivity index (χ1n) is 8.70. The summed E-state index contributed by atoms with van der Waals surface area (Å²) in [6.45, 7) is 3.61. The Kier molecular flexibility index (Phi) is 7.36. The second kappa shape index (κ2) is 9.73. The molecule has 5 heteroatoms. The van der Waals surface area contributed by atoms with Crippen molar-refractivity contribution in [3.63, 3.8) is 0 Å². The fraction of sp³-hybridized carbons (Fsp3) is 0.333. The molecule has 1 amide bonds. The van der Waals surface area contributed by atoms with Crippen molar-refractivity contribution in [1.82, 2.24) is 5.32 Å². The molecule has 26 heavy (non-hydrogen) atoms. The Labute approximate surface area is 154 Å². The van der Waals surface area contributed by atoms with Crippen molar-refractivity contribution >= 4 is 11.9 Å². The summed E-state index contributed by atoms with van der Waals surface area (Å²) in [6.07, 6.45) is -0.874. The highest BCUT2D eigenvalue weighted by Gasteiger charge is 2.27. The van der Waals surface area contributed by atoms with E-state index in [1.165, 1.54) is 0 Å². The summed E-state index contributed by atoms with van der Waals surface area (Å²) in [6, 6.07) is 17.9. The quantitative estimate of drug-likeness (QED) is 0.714. The lowest BCUT2D eigenvalue weighted by Crippen LogP contribution is -2.48. The molecule has 0 aromatic heterocycles. The highest BCUT2D eigenvalue weighted by Crippen LogP contribution is 2.09. The van der Waals surface area contributed by atoms with Crippen molar-refractivity contribution in [2.24, 2.45) is 5.92 Å². The average Bonchev–Trinajstić information content (AvgIpc) is 2.66. The molecule has 0 spiro atoms. The highest BCUT2D eigenvalue weighted by molar-refractivity contribution is 5.87. The van der Waals surface area contributed by atoms with Gasteiger partial charge in [-0.15, -0.1) is 0 Å². The van der Waals surface area contributed by atoms with Crippen LogP contribution in [0.15, 0.2) is 60.7 Å². The first-order chi connectivity index (χ1) is 12.5. The second-order valence-corrected chi connectivity index (χ2v) is 6.53. The zero-order chi connectivity index (χ0) is 18.9. The molecule has 0 saturated heterocycles. The van der Waals surface area contributed by atoms with E-state index in [1.54, 1.807) is 13.8 Å². The van der Waals surface area contributed by atoms with Crippen molar-refractivity contribution in [3.8, 4) is 0 Å². The molecule has 0 unspecified atom stereocenters. The number of nitrogens with one attached hydrogen (secondary N) is 1. The summed E-state index contributed by atoms with van der Waals surface area (Å²) < 4.78 is 5.37. The minimum absolute atomic E-state index is 0.133. The van der Waals surface area contributed by atoms with Crippen LogP contribution in [0.4, 0.5) is 0 Å². The summed E-state index contributed by atoms with van der Waals surface area (Å²) in [5.41, 5.74) is 1.77. The molecule has 2 rings (SSSR count). The molecule has 0 aliphatic heterocycles. The van der Waals surface area contributed by atoms with Crippen LogP contribution in [-0.4, -0.2) is 29.1 Å². The second-order valence-electron chi connectivity index (χ2n) is 6.53. The lowest BCUT2D eigenvalue weighted by molar-refractivity contribution is -0.150. The van der Waals surface area contributed by atoms with Crippen molar-refractivity contribution in [3.05, 3.63) is 71.8 Å². The van der Waals surface area contributed by atoms with Gasteiger partial charge in [0.15, 0.2) is 0 Å². The Bertz CT molecular complexity index is 700. The van der Waals surface area contributed by atoms with Crippen molar-refractivity contribution in [2.45, 2.75) is 39.0 Å². The third-order valence-corrected chi connectivity index (χ3v) is 4.01. The number of carbonyl (C=O) groups is 2. The summed E-state index contributed by atoms with van der Waals surface area (Å²) in [5.74, 6) is -1.34. The zero-order valence-electron chi connectivity index (χ0n) is 15.1. The Morgan fingerprint density at radius 2 is 1.50 bits per heavy atom. The molecule has 138 valence electrons. The van der Waals surface area contributed by atoms with Gasteiger partial charge in [-0.05, 0) is 17.0 Å². The molecule has 2 aromatic rings. The smallest absolute Gasteiger partial charge is 0.329 e. The number of ether oxygens (including phenoxy) is 1. The molecule has 0 saturated carbocycles. The topological polar surface area (TPSA) is 75.6 Å². The van der Waals surface area contributed by atoms with Gasteiger partial charge in [0.05, 0.1) is 0 Å². The maximum absolute atomic E-state index is 12.5. The largest absolute Gasteiger partial charge is 0.459 e. The first-order valence-corrected chi connectivity index (χ1v) is 8.70. The van der Waals surface area contributed by atoms with Crippen LogP contribution in [-0.2, 0) is 27.4 Å². The molecule has 0 fully saturated rings. The molecule has 0 bridgehead atoms. The van der Waals surface area contributed by atoms with Gasteiger partial charge in [-0.3, -0.25) is 4.79 Å². The van der Waals surface area contributed by atoms with E-state index in [0.29, 0.717) is 6.42 Å². The fourth-order valence-electron chi connectivity index (χ4n) is 2.43. The lowest BCUT2D eigenvalue weighted by Gasteiger charge is -2.21. The summed E-state index contributed by atoms with van der Waals surface area (Å²) in [7, 11) is 0.